The van der Waals surface area contributed by atoms with Crippen molar-refractivity contribution in [3.05, 3.63) is 0 Å². The number of carbonyl (C=O) groups excluding carboxylic acids is 1. The molecule has 15 heavy (non-hydrogen) atoms. The fourth-order valence-corrected chi connectivity index (χ4v) is 2.55. The summed E-state index contributed by atoms with van der Waals surface area (Å²) >= 11 is 3.51. The Bertz CT molecular complexity index is 198. The average molecular weight is 276 g/mol. The highest BCUT2D eigenvalue weighted by Crippen LogP contribution is 2.20. The van der Waals surface area contributed by atoms with E-state index in [4.69, 9.17) is 0 Å². The minimum atomic E-state index is 0.358. The first-order chi connectivity index (χ1) is 7.13. The van der Waals surface area contributed by atoms with Gasteiger partial charge in [-0.05, 0) is 31.1 Å². The highest BCUT2D eigenvalue weighted by Gasteiger charge is 2.21. The van der Waals surface area contributed by atoms with Crippen LogP contribution >= 0.6 is 15.9 Å². The zero-order valence-corrected chi connectivity index (χ0v) is 11.4. The third-order valence-corrected chi connectivity index (χ3v) is 4.04. The standard InChI is InChI=1S/C12H22BrNO/c1-10(2)3-4-12(15)14-7-5-11(9-13)6-8-14/h10-11H,3-9H2,1-2H3. The molecule has 0 N–H and O–H groups in total. The van der Waals surface area contributed by atoms with E-state index in [0.29, 0.717) is 11.8 Å². The van der Waals surface area contributed by atoms with Gasteiger partial charge in [0, 0.05) is 24.8 Å². The number of piperidine rings is 1. The largest absolute Gasteiger partial charge is 0.343 e. The van der Waals surface area contributed by atoms with Crippen LogP contribution in [0.1, 0.15) is 39.5 Å². The van der Waals surface area contributed by atoms with E-state index in [0.717, 1.165) is 37.2 Å². The molecule has 0 radical (unpaired) electrons. The van der Waals surface area contributed by atoms with Crippen LogP contribution in [0.15, 0.2) is 0 Å². The molecule has 2 nitrogen and oxygen atoms in total. The van der Waals surface area contributed by atoms with Crippen molar-refractivity contribution in [2.45, 2.75) is 39.5 Å². The minimum Gasteiger partial charge on any atom is -0.343 e. The van der Waals surface area contributed by atoms with Crippen LogP contribution in [0.4, 0.5) is 0 Å². The van der Waals surface area contributed by atoms with E-state index in [2.05, 4.69) is 29.8 Å². The molecule has 0 aliphatic carbocycles. The number of amides is 1. The summed E-state index contributed by atoms with van der Waals surface area (Å²) in [5.74, 6) is 1.77. The lowest BCUT2D eigenvalue weighted by Crippen LogP contribution is -2.38. The first kappa shape index (κ1) is 13.0. The number of hydrogen-bond donors (Lipinski definition) is 0. The second-order valence-corrected chi connectivity index (χ2v) is 5.56. The van der Waals surface area contributed by atoms with Crippen molar-refractivity contribution in [3.8, 4) is 0 Å². The highest BCUT2D eigenvalue weighted by molar-refractivity contribution is 9.09. The van der Waals surface area contributed by atoms with Gasteiger partial charge in [-0.3, -0.25) is 4.79 Å². The molecule has 0 unspecified atom stereocenters. The zero-order valence-electron chi connectivity index (χ0n) is 9.84. The first-order valence-corrected chi connectivity index (χ1v) is 7.09. The molecule has 0 aromatic rings. The van der Waals surface area contributed by atoms with Gasteiger partial charge in [0.05, 0.1) is 0 Å². The summed E-state index contributed by atoms with van der Waals surface area (Å²) in [5, 5.41) is 1.08. The maximum absolute atomic E-state index is 11.8. The molecule has 1 aliphatic rings. The van der Waals surface area contributed by atoms with Crippen molar-refractivity contribution >= 4 is 21.8 Å². The highest BCUT2D eigenvalue weighted by atomic mass is 79.9. The number of halogens is 1. The molecule has 1 rings (SSSR count). The van der Waals surface area contributed by atoms with Gasteiger partial charge < -0.3 is 4.90 Å². The Labute approximate surface area is 102 Å². The van der Waals surface area contributed by atoms with Crippen molar-refractivity contribution in [2.75, 3.05) is 18.4 Å². The van der Waals surface area contributed by atoms with E-state index in [9.17, 15) is 4.79 Å². The van der Waals surface area contributed by atoms with Gasteiger partial charge in [0.15, 0.2) is 0 Å². The molecule has 1 saturated heterocycles. The second-order valence-electron chi connectivity index (χ2n) is 4.91. The van der Waals surface area contributed by atoms with Crippen molar-refractivity contribution in [3.63, 3.8) is 0 Å². The molecular weight excluding hydrogens is 254 g/mol. The summed E-state index contributed by atoms with van der Waals surface area (Å²) in [6.45, 7) is 6.27. The van der Waals surface area contributed by atoms with Crippen LogP contribution < -0.4 is 0 Å². The van der Waals surface area contributed by atoms with Gasteiger partial charge in [-0.2, -0.15) is 0 Å². The number of nitrogens with zero attached hydrogens (tertiary/aromatic N) is 1. The summed E-state index contributed by atoms with van der Waals surface area (Å²) in [6, 6.07) is 0. The van der Waals surface area contributed by atoms with Crippen LogP contribution in [0.2, 0.25) is 0 Å². The first-order valence-electron chi connectivity index (χ1n) is 5.97. The van der Waals surface area contributed by atoms with Crippen LogP contribution in [-0.4, -0.2) is 29.2 Å². The Morgan fingerprint density at radius 3 is 2.47 bits per heavy atom. The summed E-state index contributed by atoms with van der Waals surface area (Å²) < 4.78 is 0. The predicted octanol–water partition coefficient (Wildman–Crippen LogP) is 3.06. The molecule has 0 spiro atoms. The lowest BCUT2D eigenvalue weighted by molar-refractivity contribution is -0.132. The molecular formula is C12H22BrNO. The number of likely N-dealkylation sites (tertiary alicyclic amines) is 1. The predicted molar refractivity (Wildman–Crippen MR) is 67.2 cm³/mol. The Hall–Kier alpha value is -0.0500. The van der Waals surface area contributed by atoms with Gasteiger partial charge in [0.2, 0.25) is 5.91 Å². The Balaban J connectivity index is 2.24. The molecule has 88 valence electrons. The SMILES string of the molecule is CC(C)CCC(=O)N1CCC(CBr)CC1. The van der Waals surface area contributed by atoms with E-state index in [1.807, 2.05) is 4.90 Å². The van der Waals surface area contributed by atoms with Crippen molar-refractivity contribution in [2.24, 2.45) is 11.8 Å². The Morgan fingerprint density at radius 2 is 2.00 bits per heavy atom. The molecule has 0 bridgehead atoms. The number of alkyl halides is 1. The lowest BCUT2D eigenvalue weighted by Gasteiger charge is -2.31. The smallest absolute Gasteiger partial charge is 0.222 e. The molecule has 1 amide bonds. The summed E-state index contributed by atoms with van der Waals surface area (Å²) in [4.78, 5) is 13.9. The minimum absolute atomic E-state index is 0.358. The van der Waals surface area contributed by atoms with Crippen molar-refractivity contribution < 1.29 is 4.79 Å². The normalized spacial score (nSPS) is 18.5. The zero-order chi connectivity index (χ0) is 11.3. The van der Waals surface area contributed by atoms with Gasteiger partial charge in [-0.1, -0.05) is 29.8 Å². The van der Waals surface area contributed by atoms with Crippen LogP contribution in [-0.2, 0) is 4.79 Å². The maximum atomic E-state index is 11.8. The number of carbonyl (C=O) groups is 1. The Morgan fingerprint density at radius 1 is 1.40 bits per heavy atom. The number of hydrogen-bond acceptors (Lipinski definition) is 1. The lowest BCUT2D eigenvalue weighted by atomic mass is 9.98. The topological polar surface area (TPSA) is 20.3 Å². The molecule has 0 aromatic carbocycles. The van der Waals surface area contributed by atoms with Crippen LogP contribution in [0.25, 0.3) is 0 Å². The van der Waals surface area contributed by atoms with Crippen LogP contribution in [0.3, 0.4) is 0 Å². The molecule has 1 heterocycles. The van der Waals surface area contributed by atoms with Crippen molar-refractivity contribution in [1.82, 2.24) is 4.90 Å². The molecule has 0 aromatic heterocycles. The van der Waals surface area contributed by atoms with Crippen molar-refractivity contribution in [1.29, 1.82) is 0 Å². The number of rotatable bonds is 4. The maximum Gasteiger partial charge on any atom is 0.222 e. The quantitative estimate of drug-likeness (QED) is 0.723. The average Bonchev–Trinajstić information content (AvgIpc) is 2.26. The fourth-order valence-electron chi connectivity index (χ4n) is 1.91. The van der Waals surface area contributed by atoms with Crippen LogP contribution in [0.5, 0.6) is 0 Å². The van der Waals surface area contributed by atoms with E-state index in [-0.39, 0.29) is 0 Å². The van der Waals surface area contributed by atoms with Gasteiger partial charge >= 0.3 is 0 Å². The van der Waals surface area contributed by atoms with E-state index < -0.39 is 0 Å². The monoisotopic (exact) mass is 275 g/mol. The van der Waals surface area contributed by atoms with Gasteiger partial charge in [0.1, 0.15) is 0 Å². The van der Waals surface area contributed by atoms with Crippen LogP contribution in [0, 0.1) is 11.8 Å². The molecule has 1 aliphatic heterocycles. The molecule has 0 atom stereocenters. The van der Waals surface area contributed by atoms with Gasteiger partial charge in [-0.25, -0.2) is 0 Å². The molecule has 3 heteroatoms. The van der Waals surface area contributed by atoms with Gasteiger partial charge in [0.25, 0.3) is 0 Å². The van der Waals surface area contributed by atoms with E-state index in [1.54, 1.807) is 0 Å². The molecule has 0 saturated carbocycles. The third kappa shape index (κ3) is 4.54. The van der Waals surface area contributed by atoms with Gasteiger partial charge in [-0.15, -0.1) is 0 Å². The summed E-state index contributed by atoms with van der Waals surface area (Å²) in [5.41, 5.74) is 0. The third-order valence-electron chi connectivity index (χ3n) is 3.12. The fraction of sp³-hybridized carbons (Fsp3) is 0.917. The molecule has 1 fully saturated rings. The van der Waals surface area contributed by atoms with E-state index in [1.165, 1.54) is 12.8 Å². The summed E-state index contributed by atoms with van der Waals surface area (Å²) in [7, 11) is 0. The van der Waals surface area contributed by atoms with E-state index >= 15 is 0 Å². The summed E-state index contributed by atoms with van der Waals surface area (Å²) in [6.07, 6.45) is 4.09. The second kappa shape index (κ2) is 6.51. The Kier molecular flexibility index (Phi) is 5.65.